The first-order valence-corrected chi connectivity index (χ1v) is 4.65. The summed E-state index contributed by atoms with van der Waals surface area (Å²) >= 11 is 0. The van der Waals surface area contributed by atoms with Crippen molar-refractivity contribution in [3.05, 3.63) is 12.3 Å². The Hall–Kier alpha value is -0.990. The molecule has 0 heterocycles. The van der Waals surface area contributed by atoms with E-state index in [9.17, 15) is 4.79 Å². The van der Waals surface area contributed by atoms with Crippen molar-refractivity contribution >= 4 is 5.97 Å². The number of ether oxygens (including phenoxy) is 1. The van der Waals surface area contributed by atoms with E-state index in [1.54, 1.807) is 0 Å². The molecule has 0 aromatic heterocycles. The lowest BCUT2D eigenvalue weighted by molar-refractivity contribution is -0.137. The van der Waals surface area contributed by atoms with Crippen LogP contribution in [0.3, 0.4) is 0 Å². The minimum Gasteiger partial charge on any atom is -0.499 e. The third-order valence-electron chi connectivity index (χ3n) is 1.98. The number of hydrogen-bond donors (Lipinski definition) is 1. The molecule has 3 heteroatoms. The summed E-state index contributed by atoms with van der Waals surface area (Å²) < 4.78 is 5.24. The Morgan fingerprint density at radius 3 is 2.54 bits per heavy atom. The molecule has 0 saturated heterocycles. The fraction of sp³-hybridized carbons (Fsp3) is 0.700. The van der Waals surface area contributed by atoms with Gasteiger partial charge in [0.15, 0.2) is 0 Å². The summed E-state index contributed by atoms with van der Waals surface area (Å²) in [5, 5.41) is 8.50. The third kappa shape index (κ3) is 5.28. The van der Waals surface area contributed by atoms with Crippen molar-refractivity contribution in [2.24, 2.45) is 5.92 Å². The van der Waals surface area contributed by atoms with Crippen molar-refractivity contribution in [2.45, 2.75) is 33.1 Å². The average molecular weight is 186 g/mol. The summed E-state index contributed by atoms with van der Waals surface area (Å²) in [5.74, 6) is 0.130. The van der Waals surface area contributed by atoms with Crippen LogP contribution in [0, 0.1) is 5.92 Å². The molecule has 0 bridgehead atoms. The monoisotopic (exact) mass is 186 g/mol. The van der Waals surface area contributed by atoms with Crippen LogP contribution in [0.5, 0.6) is 0 Å². The SMILES string of the molecule is C=C(OCC)C(CC)CCC(=O)O. The molecule has 0 radical (unpaired) electrons. The fourth-order valence-electron chi connectivity index (χ4n) is 1.19. The quantitative estimate of drug-likeness (QED) is 0.621. The summed E-state index contributed by atoms with van der Waals surface area (Å²) in [4.78, 5) is 10.3. The first-order valence-electron chi connectivity index (χ1n) is 4.65. The topological polar surface area (TPSA) is 46.5 Å². The van der Waals surface area contributed by atoms with E-state index in [2.05, 4.69) is 6.58 Å². The van der Waals surface area contributed by atoms with Crippen molar-refractivity contribution < 1.29 is 14.6 Å². The molecule has 0 aliphatic rings. The van der Waals surface area contributed by atoms with Gasteiger partial charge in [0.2, 0.25) is 0 Å². The van der Waals surface area contributed by atoms with Crippen LogP contribution in [0.15, 0.2) is 12.3 Å². The van der Waals surface area contributed by atoms with Crippen molar-refractivity contribution in [3.8, 4) is 0 Å². The molecule has 0 fully saturated rings. The lowest BCUT2D eigenvalue weighted by Crippen LogP contribution is -2.08. The van der Waals surface area contributed by atoms with E-state index in [1.165, 1.54) is 0 Å². The standard InChI is InChI=1S/C10H18O3/c1-4-9(6-7-10(11)12)8(3)13-5-2/h9H,3-7H2,1-2H3,(H,11,12). The summed E-state index contributed by atoms with van der Waals surface area (Å²) in [6.45, 7) is 8.29. The predicted octanol–water partition coefficient (Wildman–Crippen LogP) is 2.43. The van der Waals surface area contributed by atoms with E-state index in [1.807, 2.05) is 13.8 Å². The normalized spacial score (nSPS) is 12.2. The van der Waals surface area contributed by atoms with Gasteiger partial charge in [-0.1, -0.05) is 13.5 Å². The molecule has 0 amide bonds. The van der Waals surface area contributed by atoms with Crippen LogP contribution < -0.4 is 0 Å². The number of hydrogen-bond acceptors (Lipinski definition) is 2. The molecule has 0 aliphatic heterocycles. The first-order chi connectivity index (χ1) is 6.11. The van der Waals surface area contributed by atoms with Crippen LogP contribution in [0.1, 0.15) is 33.1 Å². The summed E-state index contributed by atoms with van der Waals surface area (Å²) in [7, 11) is 0. The van der Waals surface area contributed by atoms with E-state index in [4.69, 9.17) is 9.84 Å². The molecule has 0 aliphatic carbocycles. The Balaban J connectivity index is 3.87. The summed E-state index contributed by atoms with van der Waals surface area (Å²) in [5.41, 5.74) is 0. The fourth-order valence-corrected chi connectivity index (χ4v) is 1.19. The molecule has 1 unspecified atom stereocenters. The molecule has 1 N–H and O–H groups in total. The van der Waals surface area contributed by atoms with Gasteiger partial charge in [-0.3, -0.25) is 4.79 Å². The zero-order chi connectivity index (χ0) is 10.3. The van der Waals surface area contributed by atoms with Crippen LogP contribution in [-0.4, -0.2) is 17.7 Å². The van der Waals surface area contributed by atoms with Gasteiger partial charge < -0.3 is 9.84 Å². The van der Waals surface area contributed by atoms with Gasteiger partial charge in [0.05, 0.1) is 12.4 Å². The second kappa shape index (κ2) is 6.52. The lowest BCUT2D eigenvalue weighted by Gasteiger charge is -2.16. The molecule has 0 saturated carbocycles. The van der Waals surface area contributed by atoms with E-state index >= 15 is 0 Å². The maximum Gasteiger partial charge on any atom is 0.303 e. The number of rotatable bonds is 7. The number of carboxylic acids is 1. The largest absolute Gasteiger partial charge is 0.499 e. The van der Waals surface area contributed by atoms with Gasteiger partial charge in [-0.25, -0.2) is 0 Å². The van der Waals surface area contributed by atoms with E-state index in [-0.39, 0.29) is 12.3 Å². The van der Waals surface area contributed by atoms with Gasteiger partial charge in [0.1, 0.15) is 0 Å². The molecular formula is C10H18O3. The van der Waals surface area contributed by atoms with Gasteiger partial charge in [0.25, 0.3) is 0 Å². The molecular weight excluding hydrogens is 168 g/mol. The Morgan fingerprint density at radius 1 is 1.54 bits per heavy atom. The Labute approximate surface area is 79.4 Å². The Bertz CT molecular complexity index is 175. The average Bonchev–Trinajstić information content (AvgIpc) is 2.05. The minimum absolute atomic E-state index is 0.177. The molecule has 0 rings (SSSR count). The smallest absolute Gasteiger partial charge is 0.303 e. The molecule has 76 valence electrons. The van der Waals surface area contributed by atoms with Gasteiger partial charge in [-0.15, -0.1) is 0 Å². The van der Waals surface area contributed by atoms with Crippen molar-refractivity contribution in [1.29, 1.82) is 0 Å². The van der Waals surface area contributed by atoms with Gasteiger partial charge in [-0.05, 0) is 19.8 Å². The van der Waals surface area contributed by atoms with E-state index < -0.39 is 5.97 Å². The Kier molecular flexibility index (Phi) is 6.02. The maximum atomic E-state index is 10.3. The molecule has 1 atom stereocenters. The van der Waals surface area contributed by atoms with Gasteiger partial charge in [0, 0.05) is 12.3 Å². The van der Waals surface area contributed by atoms with Crippen LogP contribution in [0.25, 0.3) is 0 Å². The van der Waals surface area contributed by atoms with Crippen LogP contribution in [0.4, 0.5) is 0 Å². The molecule has 0 aromatic rings. The second-order valence-corrected chi connectivity index (χ2v) is 2.94. The van der Waals surface area contributed by atoms with E-state index in [0.717, 1.165) is 6.42 Å². The molecule has 0 spiro atoms. The minimum atomic E-state index is -0.761. The number of carbonyl (C=O) groups is 1. The van der Waals surface area contributed by atoms with Crippen LogP contribution >= 0.6 is 0 Å². The van der Waals surface area contributed by atoms with Crippen LogP contribution in [-0.2, 0) is 9.53 Å². The maximum absolute atomic E-state index is 10.3. The van der Waals surface area contributed by atoms with E-state index in [0.29, 0.717) is 18.8 Å². The third-order valence-corrected chi connectivity index (χ3v) is 1.98. The number of aliphatic carboxylic acids is 1. The van der Waals surface area contributed by atoms with Crippen molar-refractivity contribution in [1.82, 2.24) is 0 Å². The lowest BCUT2D eigenvalue weighted by atomic mass is 9.99. The molecule has 0 aromatic carbocycles. The summed E-state index contributed by atoms with van der Waals surface area (Å²) in [6.07, 6.45) is 1.68. The first kappa shape index (κ1) is 12.0. The molecule has 13 heavy (non-hydrogen) atoms. The highest BCUT2D eigenvalue weighted by Gasteiger charge is 2.12. The molecule has 3 nitrogen and oxygen atoms in total. The number of carboxylic acid groups (broad SMARTS) is 1. The zero-order valence-corrected chi connectivity index (χ0v) is 8.38. The second-order valence-electron chi connectivity index (χ2n) is 2.94. The van der Waals surface area contributed by atoms with Gasteiger partial charge >= 0.3 is 5.97 Å². The highest BCUT2D eigenvalue weighted by Crippen LogP contribution is 2.20. The predicted molar refractivity (Wildman–Crippen MR) is 51.4 cm³/mol. The van der Waals surface area contributed by atoms with Crippen molar-refractivity contribution in [3.63, 3.8) is 0 Å². The highest BCUT2D eigenvalue weighted by atomic mass is 16.5. The number of allylic oxidation sites excluding steroid dienone is 1. The Morgan fingerprint density at radius 2 is 2.15 bits per heavy atom. The van der Waals surface area contributed by atoms with Crippen LogP contribution in [0.2, 0.25) is 0 Å². The van der Waals surface area contributed by atoms with Crippen molar-refractivity contribution in [2.75, 3.05) is 6.61 Å². The van der Waals surface area contributed by atoms with Gasteiger partial charge in [-0.2, -0.15) is 0 Å². The zero-order valence-electron chi connectivity index (χ0n) is 8.38. The highest BCUT2D eigenvalue weighted by molar-refractivity contribution is 5.66. The summed E-state index contributed by atoms with van der Waals surface area (Å²) in [6, 6.07) is 0.